The second-order valence-corrected chi connectivity index (χ2v) is 5.41. The van der Waals surface area contributed by atoms with Gasteiger partial charge in [0, 0.05) is 25.7 Å². The zero-order chi connectivity index (χ0) is 12.0. The molecule has 1 rings (SSSR count). The van der Waals surface area contributed by atoms with Crippen LogP contribution in [0, 0.1) is 17.2 Å². The zero-order valence-electron chi connectivity index (χ0n) is 10.8. The fourth-order valence-electron chi connectivity index (χ4n) is 1.54. The van der Waals surface area contributed by atoms with E-state index < -0.39 is 5.54 Å². The Morgan fingerprint density at radius 2 is 2.12 bits per heavy atom. The Kier molecular flexibility index (Phi) is 5.24. The third kappa shape index (κ3) is 5.48. The average molecular weight is 224 g/mol. The largest absolute Gasteiger partial charge is 0.381 e. The highest BCUT2D eigenvalue weighted by atomic mass is 16.5. The lowest BCUT2D eigenvalue weighted by molar-refractivity contribution is 0.109. The van der Waals surface area contributed by atoms with Crippen molar-refractivity contribution in [2.24, 2.45) is 5.92 Å². The van der Waals surface area contributed by atoms with Gasteiger partial charge in [-0.2, -0.15) is 5.26 Å². The van der Waals surface area contributed by atoms with E-state index in [1.165, 1.54) is 12.8 Å². The van der Waals surface area contributed by atoms with Crippen LogP contribution in [0.15, 0.2) is 0 Å². The van der Waals surface area contributed by atoms with Gasteiger partial charge in [0.25, 0.3) is 0 Å². The van der Waals surface area contributed by atoms with Gasteiger partial charge in [-0.1, -0.05) is 13.8 Å². The minimum Gasteiger partial charge on any atom is -0.381 e. The molecular formula is C13H24N2O. The van der Waals surface area contributed by atoms with Crippen molar-refractivity contribution in [2.75, 3.05) is 13.2 Å². The minimum absolute atomic E-state index is 0.404. The minimum atomic E-state index is -0.404. The Bertz CT molecular complexity index is 243. The standard InChI is InChI=1S/C13H24N2O/c1-11(2)6-8-16-9-7-13(3,10-14)15-12-4-5-12/h11-12,15H,4-9H2,1-3H3. The van der Waals surface area contributed by atoms with E-state index in [9.17, 15) is 0 Å². The van der Waals surface area contributed by atoms with Crippen LogP contribution in [0.1, 0.15) is 46.5 Å². The molecule has 0 aromatic carbocycles. The Balaban J connectivity index is 2.10. The Morgan fingerprint density at radius 1 is 1.44 bits per heavy atom. The molecule has 1 aliphatic carbocycles. The van der Waals surface area contributed by atoms with Crippen molar-refractivity contribution in [3.63, 3.8) is 0 Å². The van der Waals surface area contributed by atoms with E-state index in [0.29, 0.717) is 18.6 Å². The van der Waals surface area contributed by atoms with Crippen molar-refractivity contribution in [1.29, 1.82) is 5.26 Å². The molecule has 1 N–H and O–H groups in total. The predicted molar refractivity (Wildman–Crippen MR) is 65.1 cm³/mol. The lowest BCUT2D eigenvalue weighted by Gasteiger charge is -2.23. The van der Waals surface area contributed by atoms with Crippen molar-refractivity contribution in [1.82, 2.24) is 5.32 Å². The molecule has 0 saturated heterocycles. The SMILES string of the molecule is CC(C)CCOCCC(C)(C#N)NC1CC1. The molecule has 0 radical (unpaired) electrons. The summed E-state index contributed by atoms with van der Waals surface area (Å²) in [5.74, 6) is 0.687. The first-order valence-corrected chi connectivity index (χ1v) is 6.32. The molecule has 0 bridgehead atoms. The summed E-state index contributed by atoms with van der Waals surface area (Å²) in [7, 11) is 0. The van der Waals surface area contributed by atoms with Gasteiger partial charge >= 0.3 is 0 Å². The lowest BCUT2D eigenvalue weighted by atomic mass is 10.0. The number of nitrogens with one attached hydrogen (secondary N) is 1. The van der Waals surface area contributed by atoms with Crippen molar-refractivity contribution >= 4 is 0 Å². The fourth-order valence-corrected chi connectivity index (χ4v) is 1.54. The Labute approximate surface area is 99.2 Å². The van der Waals surface area contributed by atoms with E-state index in [1.807, 2.05) is 6.92 Å². The van der Waals surface area contributed by atoms with E-state index in [4.69, 9.17) is 10.00 Å². The first-order chi connectivity index (χ1) is 7.56. The molecule has 1 atom stereocenters. The molecule has 0 aromatic heterocycles. The smallest absolute Gasteiger partial charge is 0.106 e. The van der Waals surface area contributed by atoms with E-state index >= 15 is 0 Å². The number of nitriles is 1. The summed E-state index contributed by atoms with van der Waals surface area (Å²) in [5, 5.41) is 12.5. The average Bonchev–Trinajstić information content (AvgIpc) is 3.01. The molecular weight excluding hydrogens is 200 g/mol. The van der Waals surface area contributed by atoms with Gasteiger partial charge in [0.05, 0.1) is 6.07 Å². The molecule has 0 aromatic rings. The molecule has 0 aliphatic heterocycles. The highest BCUT2D eigenvalue weighted by Crippen LogP contribution is 2.23. The van der Waals surface area contributed by atoms with Crippen LogP contribution in [0.25, 0.3) is 0 Å². The van der Waals surface area contributed by atoms with Crippen LogP contribution in [0.3, 0.4) is 0 Å². The Morgan fingerprint density at radius 3 is 2.62 bits per heavy atom. The van der Waals surface area contributed by atoms with Gasteiger partial charge in [0.1, 0.15) is 5.54 Å². The predicted octanol–water partition coefficient (Wildman–Crippen LogP) is 2.47. The fraction of sp³-hybridized carbons (Fsp3) is 0.923. The summed E-state index contributed by atoms with van der Waals surface area (Å²) in [6.45, 7) is 7.84. The summed E-state index contributed by atoms with van der Waals surface area (Å²) in [6.07, 6.45) is 4.30. The third-order valence-electron chi connectivity index (χ3n) is 2.93. The normalized spacial score (nSPS) is 19.4. The quantitative estimate of drug-likeness (QED) is 0.644. The second kappa shape index (κ2) is 6.22. The van der Waals surface area contributed by atoms with Gasteiger partial charge in [0.2, 0.25) is 0 Å². The van der Waals surface area contributed by atoms with Crippen LogP contribution < -0.4 is 5.32 Å². The summed E-state index contributed by atoms with van der Waals surface area (Å²) in [4.78, 5) is 0. The second-order valence-electron chi connectivity index (χ2n) is 5.41. The van der Waals surface area contributed by atoms with Crippen molar-refractivity contribution in [3.8, 4) is 6.07 Å². The van der Waals surface area contributed by atoms with Crippen LogP contribution in [0.4, 0.5) is 0 Å². The molecule has 92 valence electrons. The first kappa shape index (κ1) is 13.5. The van der Waals surface area contributed by atoms with Crippen LogP contribution in [0.5, 0.6) is 0 Å². The first-order valence-electron chi connectivity index (χ1n) is 6.32. The summed E-state index contributed by atoms with van der Waals surface area (Å²) < 4.78 is 5.55. The van der Waals surface area contributed by atoms with Gasteiger partial charge in [-0.3, -0.25) is 5.32 Å². The molecule has 3 nitrogen and oxygen atoms in total. The van der Waals surface area contributed by atoms with Gasteiger partial charge in [-0.15, -0.1) is 0 Å². The van der Waals surface area contributed by atoms with Crippen molar-refractivity contribution in [3.05, 3.63) is 0 Å². The number of hydrogen-bond donors (Lipinski definition) is 1. The number of nitrogens with zero attached hydrogens (tertiary/aromatic N) is 1. The molecule has 16 heavy (non-hydrogen) atoms. The number of ether oxygens (including phenoxy) is 1. The molecule has 3 heteroatoms. The number of rotatable bonds is 8. The topological polar surface area (TPSA) is 45.0 Å². The molecule has 1 fully saturated rings. The maximum absolute atomic E-state index is 9.14. The molecule has 1 saturated carbocycles. The highest BCUT2D eigenvalue weighted by molar-refractivity contribution is 5.06. The lowest BCUT2D eigenvalue weighted by Crippen LogP contribution is -2.43. The van der Waals surface area contributed by atoms with Crippen LogP contribution in [0.2, 0.25) is 0 Å². The third-order valence-corrected chi connectivity index (χ3v) is 2.93. The molecule has 0 spiro atoms. The van der Waals surface area contributed by atoms with E-state index in [-0.39, 0.29) is 0 Å². The molecule has 1 aliphatic rings. The molecule has 1 unspecified atom stereocenters. The summed E-state index contributed by atoms with van der Waals surface area (Å²) in [5.41, 5.74) is -0.404. The number of hydrogen-bond acceptors (Lipinski definition) is 3. The van der Waals surface area contributed by atoms with Crippen LogP contribution in [-0.2, 0) is 4.74 Å². The zero-order valence-corrected chi connectivity index (χ0v) is 10.8. The van der Waals surface area contributed by atoms with E-state index in [1.54, 1.807) is 0 Å². The van der Waals surface area contributed by atoms with Gasteiger partial charge in [0.15, 0.2) is 0 Å². The van der Waals surface area contributed by atoms with E-state index in [0.717, 1.165) is 19.4 Å². The van der Waals surface area contributed by atoms with Crippen molar-refractivity contribution in [2.45, 2.75) is 58.0 Å². The van der Waals surface area contributed by atoms with Gasteiger partial charge in [-0.25, -0.2) is 0 Å². The maximum Gasteiger partial charge on any atom is 0.106 e. The summed E-state index contributed by atoms with van der Waals surface area (Å²) in [6, 6.07) is 2.93. The molecule has 0 heterocycles. The van der Waals surface area contributed by atoms with Crippen LogP contribution in [-0.4, -0.2) is 24.8 Å². The monoisotopic (exact) mass is 224 g/mol. The van der Waals surface area contributed by atoms with Gasteiger partial charge < -0.3 is 4.74 Å². The highest BCUT2D eigenvalue weighted by Gasteiger charge is 2.32. The van der Waals surface area contributed by atoms with Crippen LogP contribution >= 0.6 is 0 Å². The maximum atomic E-state index is 9.14. The molecule has 0 amide bonds. The van der Waals surface area contributed by atoms with Crippen molar-refractivity contribution < 1.29 is 4.74 Å². The summed E-state index contributed by atoms with van der Waals surface area (Å²) >= 11 is 0. The van der Waals surface area contributed by atoms with E-state index in [2.05, 4.69) is 25.2 Å². The Hall–Kier alpha value is -0.590. The van der Waals surface area contributed by atoms with Gasteiger partial charge in [-0.05, 0) is 32.1 Å².